The maximum Gasteiger partial charge on any atom is 0.338 e. The second-order valence-corrected chi connectivity index (χ2v) is 12.0. The van der Waals surface area contributed by atoms with Crippen LogP contribution in [0.2, 0.25) is 5.02 Å². The number of halogens is 1. The van der Waals surface area contributed by atoms with Crippen LogP contribution >= 0.6 is 22.9 Å². The third-order valence-electron chi connectivity index (χ3n) is 7.55. The van der Waals surface area contributed by atoms with Crippen LogP contribution in [0.25, 0.3) is 11.8 Å². The fourth-order valence-electron chi connectivity index (χ4n) is 5.42. The maximum absolute atomic E-state index is 14.3. The van der Waals surface area contributed by atoms with Gasteiger partial charge in [0, 0.05) is 10.6 Å². The Labute approximate surface area is 280 Å². The average molecular weight is 667 g/mol. The smallest absolute Gasteiger partial charge is 0.338 e. The fraction of sp³-hybridized carbons (Fsp3) is 0.162. The molecule has 0 bridgehead atoms. The standard InChI is InChI=1S/C37H31ClN2O6S/c1-4-45-36(42)32-33(25-12-6-5-7-13-25)39-37-40(34(32)26-16-17-29(43-2)30(21-26)44-3)35(41)31(47-37)20-23-10-9-15-28(19-23)46-22-24-11-8-14-27(38)18-24/h5-21,34H,4,22H2,1-3H3/b31-20-/t34-/m1/s1. The minimum absolute atomic E-state index is 0.156. The van der Waals surface area contributed by atoms with Crippen molar-refractivity contribution in [2.75, 3.05) is 20.8 Å². The molecule has 1 atom stereocenters. The van der Waals surface area contributed by atoms with Gasteiger partial charge in [-0.05, 0) is 66.1 Å². The SMILES string of the molecule is CCOC(=O)C1=C(c2ccccc2)N=c2s/c(=C\c3cccc(OCc4cccc(Cl)c4)c3)c(=O)n2[C@@H]1c1ccc(OC)c(OC)c1. The van der Waals surface area contributed by atoms with E-state index in [-0.39, 0.29) is 17.7 Å². The van der Waals surface area contributed by atoms with Gasteiger partial charge in [0.05, 0.1) is 42.7 Å². The summed E-state index contributed by atoms with van der Waals surface area (Å²) in [5, 5.41) is 0.642. The summed E-state index contributed by atoms with van der Waals surface area (Å²) in [5.74, 6) is 1.06. The summed E-state index contributed by atoms with van der Waals surface area (Å²) in [6.07, 6.45) is 1.80. The van der Waals surface area contributed by atoms with Crippen LogP contribution in [0.3, 0.4) is 0 Å². The number of ether oxygens (including phenoxy) is 4. The summed E-state index contributed by atoms with van der Waals surface area (Å²) < 4.78 is 24.6. The molecular weight excluding hydrogens is 636 g/mol. The lowest BCUT2D eigenvalue weighted by Crippen LogP contribution is -2.40. The Kier molecular flexibility index (Phi) is 9.56. The van der Waals surface area contributed by atoms with E-state index in [9.17, 15) is 9.59 Å². The molecule has 0 N–H and O–H groups in total. The van der Waals surface area contributed by atoms with Crippen LogP contribution in [0, 0.1) is 0 Å². The van der Waals surface area contributed by atoms with Gasteiger partial charge in [0.2, 0.25) is 0 Å². The number of hydrogen-bond donors (Lipinski definition) is 0. The fourth-order valence-corrected chi connectivity index (χ4v) is 6.63. The van der Waals surface area contributed by atoms with Crippen molar-refractivity contribution < 1.29 is 23.7 Å². The van der Waals surface area contributed by atoms with E-state index in [0.29, 0.717) is 49.5 Å². The van der Waals surface area contributed by atoms with Gasteiger partial charge >= 0.3 is 5.97 Å². The van der Waals surface area contributed by atoms with Crippen molar-refractivity contribution in [1.29, 1.82) is 0 Å². The number of thiazole rings is 1. The first-order valence-electron chi connectivity index (χ1n) is 14.9. The van der Waals surface area contributed by atoms with Crippen LogP contribution in [0.1, 0.15) is 35.2 Å². The van der Waals surface area contributed by atoms with Gasteiger partial charge in [0.15, 0.2) is 16.3 Å². The Balaban J connectivity index is 1.50. The van der Waals surface area contributed by atoms with Crippen molar-refractivity contribution in [2.24, 2.45) is 4.99 Å². The zero-order valence-electron chi connectivity index (χ0n) is 25.9. The van der Waals surface area contributed by atoms with E-state index in [1.807, 2.05) is 84.9 Å². The summed E-state index contributed by atoms with van der Waals surface area (Å²) >= 11 is 7.37. The molecule has 10 heteroatoms. The Morgan fingerprint density at radius 3 is 2.47 bits per heavy atom. The zero-order chi connectivity index (χ0) is 32.9. The minimum Gasteiger partial charge on any atom is -0.493 e. The third kappa shape index (κ3) is 6.72. The molecule has 0 unspecified atom stereocenters. The first kappa shape index (κ1) is 31.8. The van der Waals surface area contributed by atoms with Crippen LogP contribution in [-0.2, 0) is 16.1 Å². The molecule has 0 fully saturated rings. The van der Waals surface area contributed by atoms with Crippen molar-refractivity contribution >= 4 is 40.7 Å². The number of benzene rings is 4. The number of esters is 1. The minimum atomic E-state index is -0.852. The van der Waals surface area contributed by atoms with Gasteiger partial charge in [-0.15, -0.1) is 0 Å². The van der Waals surface area contributed by atoms with E-state index in [4.69, 9.17) is 35.5 Å². The predicted molar refractivity (Wildman–Crippen MR) is 183 cm³/mol. The highest BCUT2D eigenvalue weighted by atomic mass is 35.5. The molecule has 1 aliphatic heterocycles. The van der Waals surface area contributed by atoms with Gasteiger partial charge in [-0.3, -0.25) is 9.36 Å². The average Bonchev–Trinajstić information content (AvgIpc) is 3.40. The summed E-state index contributed by atoms with van der Waals surface area (Å²) in [4.78, 5) is 33.4. The van der Waals surface area contributed by atoms with Gasteiger partial charge in [0.25, 0.3) is 5.56 Å². The zero-order valence-corrected chi connectivity index (χ0v) is 27.5. The molecule has 6 rings (SSSR count). The number of carbonyl (C=O) groups excluding carboxylic acids is 1. The Morgan fingerprint density at radius 2 is 1.72 bits per heavy atom. The molecule has 47 heavy (non-hydrogen) atoms. The predicted octanol–water partition coefficient (Wildman–Crippen LogP) is 6.19. The van der Waals surface area contributed by atoms with Crippen LogP contribution in [0.5, 0.6) is 17.2 Å². The van der Waals surface area contributed by atoms with E-state index < -0.39 is 12.0 Å². The highest BCUT2D eigenvalue weighted by molar-refractivity contribution is 7.07. The van der Waals surface area contributed by atoms with Gasteiger partial charge in [-0.1, -0.05) is 83.6 Å². The second-order valence-electron chi connectivity index (χ2n) is 10.5. The van der Waals surface area contributed by atoms with Crippen molar-refractivity contribution in [1.82, 2.24) is 4.57 Å². The largest absolute Gasteiger partial charge is 0.493 e. The number of hydrogen-bond acceptors (Lipinski definition) is 8. The van der Waals surface area contributed by atoms with Crippen LogP contribution in [0.15, 0.2) is 112 Å². The number of methoxy groups -OCH3 is 2. The third-order valence-corrected chi connectivity index (χ3v) is 8.77. The lowest BCUT2D eigenvalue weighted by atomic mass is 9.93. The van der Waals surface area contributed by atoms with Crippen LogP contribution < -0.4 is 29.1 Å². The van der Waals surface area contributed by atoms with Crippen LogP contribution in [0.4, 0.5) is 0 Å². The summed E-state index contributed by atoms with van der Waals surface area (Å²) in [6.45, 7) is 2.24. The molecular formula is C37H31ClN2O6S. The molecule has 1 aromatic heterocycles. The first-order valence-corrected chi connectivity index (χ1v) is 16.1. The molecule has 238 valence electrons. The van der Waals surface area contributed by atoms with Crippen molar-refractivity contribution in [3.8, 4) is 17.2 Å². The summed E-state index contributed by atoms with van der Waals surface area (Å²) in [7, 11) is 3.09. The first-order chi connectivity index (χ1) is 22.9. The molecule has 2 heterocycles. The van der Waals surface area contributed by atoms with Gasteiger partial charge in [-0.25, -0.2) is 9.79 Å². The normalized spacial score (nSPS) is 14.3. The molecule has 0 spiro atoms. The van der Waals surface area contributed by atoms with Gasteiger partial charge in [0.1, 0.15) is 12.4 Å². The lowest BCUT2D eigenvalue weighted by Gasteiger charge is -2.26. The number of carbonyl (C=O) groups is 1. The monoisotopic (exact) mass is 666 g/mol. The van der Waals surface area contributed by atoms with Gasteiger partial charge in [-0.2, -0.15) is 0 Å². The van der Waals surface area contributed by atoms with E-state index in [0.717, 1.165) is 16.7 Å². The molecule has 8 nitrogen and oxygen atoms in total. The highest BCUT2D eigenvalue weighted by Crippen LogP contribution is 2.38. The molecule has 5 aromatic rings. The number of nitrogens with zero attached hydrogens (tertiary/aromatic N) is 2. The number of aromatic nitrogens is 1. The number of fused-ring (bicyclic) bond motifs is 1. The van der Waals surface area contributed by atoms with Crippen molar-refractivity contribution in [3.63, 3.8) is 0 Å². The van der Waals surface area contributed by atoms with Crippen LogP contribution in [-0.4, -0.2) is 31.4 Å². The molecule has 4 aromatic carbocycles. The molecule has 0 aliphatic carbocycles. The highest BCUT2D eigenvalue weighted by Gasteiger charge is 2.35. The van der Waals surface area contributed by atoms with Gasteiger partial charge < -0.3 is 18.9 Å². The Bertz CT molecular complexity index is 2160. The summed E-state index contributed by atoms with van der Waals surface area (Å²) in [6, 6.07) is 28.9. The Morgan fingerprint density at radius 1 is 0.936 bits per heavy atom. The lowest BCUT2D eigenvalue weighted by molar-refractivity contribution is -0.138. The number of rotatable bonds is 10. The maximum atomic E-state index is 14.3. The summed E-state index contributed by atoms with van der Waals surface area (Å²) in [5.41, 5.74) is 3.47. The quantitative estimate of drug-likeness (QED) is 0.165. The molecule has 0 saturated carbocycles. The topological polar surface area (TPSA) is 88.4 Å². The van der Waals surface area contributed by atoms with Crippen molar-refractivity contribution in [2.45, 2.75) is 19.6 Å². The van der Waals surface area contributed by atoms with E-state index >= 15 is 0 Å². The van der Waals surface area contributed by atoms with Crippen molar-refractivity contribution in [3.05, 3.63) is 150 Å². The Hall–Kier alpha value is -5.12. The second kappa shape index (κ2) is 14.1. The molecule has 0 saturated heterocycles. The molecule has 0 radical (unpaired) electrons. The van der Waals surface area contributed by atoms with E-state index in [1.165, 1.54) is 18.4 Å². The van der Waals surface area contributed by atoms with E-state index in [2.05, 4.69) is 0 Å². The molecule has 0 amide bonds. The molecule has 1 aliphatic rings. The van der Waals surface area contributed by atoms with E-state index in [1.54, 1.807) is 36.8 Å².